The Morgan fingerprint density at radius 1 is 0.463 bits per heavy atom. The number of fused-ring (bicyclic) bond motifs is 7. The van der Waals surface area contributed by atoms with Crippen LogP contribution in [0.2, 0.25) is 0 Å². The van der Waals surface area contributed by atoms with Crippen LogP contribution in [-0.2, 0) is 5.54 Å². The minimum absolute atomic E-state index is 0.184. The van der Waals surface area contributed by atoms with Gasteiger partial charge in [-0.2, -0.15) is 0 Å². The number of hydrogen-bond acceptors (Lipinski definition) is 4. The summed E-state index contributed by atoms with van der Waals surface area (Å²) < 4.78 is 9.53. The van der Waals surface area contributed by atoms with Crippen molar-refractivity contribution in [1.29, 1.82) is 0 Å². The summed E-state index contributed by atoms with van der Waals surface area (Å²) >= 11 is 0. The molecular weight excluding hydrogens is 661 g/mol. The highest BCUT2D eigenvalue weighted by molar-refractivity contribution is 6.23. The van der Waals surface area contributed by atoms with Gasteiger partial charge in [-0.25, -0.2) is 15.0 Å². The third-order valence-electron chi connectivity index (χ3n) is 13.2. The van der Waals surface area contributed by atoms with Gasteiger partial charge in [0, 0.05) is 32.8 Å². The SMILES string of the molecule is c1ccc(-c2nc(-c3ccccc3)nc(-c3ccc(C4(n5c6ccccc6c6c7oc8ccccc8c7ccc65)C5CC6CC(C5)CC4C6)cc3)n2)cc1. The first-order valence-electron chi connectivity index (χ1n) is 19.5. The van der Waals surface area contributed by atoms with Crippen molar-refractivity contribution >= 4 is 43.7 Å². The fraction of sp³-hybridized carbons (Fsp3) is 0.204. The van der Waals surface area contributed by atoms with Crippen molar-refractivity contribution in [1.82, 2.24) is 19.5 Å². The summed E-state index contributed by atoms with van der Waals surface area (Å²) in [5.74, 6) is 4.82. The topological polar surface area (TPSA) is 56.7 Å². The molecule has 6 aromatic carbocycles. The van der Waals surface area contributed by atoms with E-state index in [1.807, 2.05) is 36.4 Å². The smallest absolute Gasteiger partial charge is 0.164 e. The van der Waals surface area contributed by atoms with Crippen molar-refractivity contribution in [3.8, 4) is 34.2 Å². The van der Waals surface area contributed by atoms with Gasteiger partial charge in [-0.15, -0.1) is 0 Å². The highest BCUT2D eigenvalue weighted by atomic mass is 16.3. The van der Waals surface area contributed by atoms with Gasteiger partial charge in [0.05, 0.1) is 22.0 Å². The Hall–Kier alpha value is -6.07. The largest absolute Gasteiger partial charge is 0.455 e. The Labute approximate surface area is 313 Å². The summed E-state index contributed by atoms with van der Waals surface area (Å²) in [6.07, 6.45) is 6.53. The van der Waals surface area contributed by atoms with Crippen molar-refractivity contribution in [2.45, 2.75) is 37.6 Å². The predicted molar refractivity (Wildman–Crippen MR) is 217 cm³/mol. The van der Waals surface area contributed by atoms with Gasteiger partial charge in [0.25, 0.3) is 0 Å². The fourth-order valence-corrected chi connectivity index (χ4v) is 11.3. The maximum absolute atomic E-state index is 6.75. The second kappa shape index (κ2) is 11.5. The third kappa shape index (κ3) is 4.29. The van der Waals surface area contributed by atoms with Gasteiger partial charge in [-0.3, -0.25) is 0 Å². The molecule has 13 rings (SSSR count). The fourth-order valence-electron chi connectivity index (χ4n) is 11.3. The molecule has 0 spiro atoms. The third-order valence-corrected chi connectivity index (χ3v) is 13.2. The number of para-hydroxylation sites is 2. The minimum atomic E-state index is -0.184. The lowest BCUT2D eigenvalue weighted by atomic mass is 9.47. The molecule has 5 heteroatoms. The van der Waals surface area contributed by atoms with Gasteiger partial charge >= 0.3 is 0 Å². The van der Waals surface area contributed by atoms with Crippen molar-refractivity contribution in [2.75, 3.05) is 0 Å². The number of benzene rings is 6. The standard InChI is InChI=1S/C49H38N4O/c1-3-11-32(12-4-1)46-50-47(33-13-5-2-6-14-33)52-48(51-46)34-19-21-35(22-20-34)49(36-26-30-25-31(28-36)29-37(49)27-30)53-41-17-9-7-16-40(41)44-42(53)24-23-39-38-15-8-10-18-43(38)54-45(39)44/h1-24,30-31,36-37H,25-29H2. The average Bonchev–Trinajstić information content (AvgIpc) is 3.78. The number of furan rings is 1. The summed E-state index contributed by atoms with van der Waals surface area (Å²) in [4.78, 5) is 15.1. The number of nitrogens with zero attached hydrogens (tertiary/aromatic N) is 4. The van der Waals surface area contributed by atoms with E-state index in [-0.39, 0.29) is 5.54 Å². The van der Waals surface area contributed by atoms with Crippen molar-refractivity contribution < 1.29 is 4.42 Å². The molecule has 0 aliphatic heterocycles. The van der Waals surface area contributed by atoms with Gasteiger partial charge < -0.3 is 8.98 Å². The second-order valence-electron chi connectivity index (χ2n) is 16.0. The lowest BCUT2D eigenvalue weighted by Crippen LogP contribution is -2.59. The zero-order valence-corrected chi connectivity index (χ0v) is 29.9. The van der Waals surface area contributed by atoms with Crippen LogP contribution in [0.25, 0.3) is 77.9 Å². The molecule has 5 nitrogen and oxygen atoms in total. The molecule has 4 aliphatic rings. The molecule has 4 aliphatic carbocycles. The average molecular weight is 699 g/mol. The normalized spacial score (nSPS) is 23.3. The molecule has 54 heavy (non-hydrogen) atoms. The van der Waals surface area contributed by atoms with Gasteiger partial charge in [-0.05, 0) is 85.6 Å². The van der Waals surface area contributed by atoms with Crippen molar-refractivity contribution in [3.05, 3.63) is 151 Å². The maximum atomic E-state index is 6.75. The first-order chi connectivity index (χ1) is 26.7. The molecule has 0 atom stereocenters. The van der Waals surface area contributed by atoms with E-state index >= 15 is 0 Å². The molecule has 9 aromatic rings. The zero-order chi connectivity index (χ0) is 35.4. The summed E-state index contributed by atoms with van der Waals surface area (Å²) in [5, 5.41) is 4.87. The monoisotopic (exact) mass is 698 g/mol. The highest BCUT2D eigenvalue weighted by Crippen LogP contribution is 2.65. The van der Waals surface area contributed by atoms with E-state index in [0.29, 0.717) is 29.3 Å². The van der Waals surface area contributed by atoms with E-state index in [2.05, 4.69) is 114 Å². The van der Waals surface area contributed by atoms with Crippen LogP contribution < -0.4 is 0 Å². The first-order valence-corrected chi connectivity index (χ1v) is 19.5. The molecule has 0 saturated heterocycles. The van der Waals surface area contributed by atoms with E-state index in [9.17, 15) is 0 Å². The van der Waals surface area contributed by atoms with Crippen LogP contribution >= 0.6 is 0 Å². The molecule has 0 amide bonds. The first kappa shape index (κ1) is 30.4. The molecule has 0 radical (unpaired) electrons. The van der Waals surface area contributed by atoms with Crippen LogP contribution in [0.5, 0.6) is 0 Å². The Morgan fingerprint density at radius 3 is 1.63 bits per heavy atom. The lowest BCUT2D eigenvalue weighted by molar-refractivity contribution is -0.0719. The number of rotatable bonds is 5. The van der Waals surface area contributed by atoms with E-state index in [1.165, 1.54) is 70.2 Å². The van der Waals surface area contributed by atoms with Gasteiger partial charge in [-0.1, -0.05) is 121 Å². The lowest BCUT2D eigenvalue weighted by Gasteiger charge is -2.62. The molecule has 4 saturated carbocycles. The summed E-state index contributed by atoms with van der Waals surface area (Å²) in [7, 11) is 0. The van der Waals surface area contributed by atoms with Crippen LogP contribution in [0.15, 0.2) is 150 Å². The molecular formula is C49H38N4O. The Kier molecular flexibility index (Phi) is 6.45. The Bertz CT molecular complexity index is 2800. The summed E-state index contributed by atoms with van der Waals surface area (Å²) in [5.41, 5.74) is 8.69. The van der Waals surface area contributed by atoms with E-state index in [1.54, 1.807) is 0 Å². The predicted octanol–water partition coefficient (Wildman–Crippen LogP) is 12.1. The van der Waals surface area contributed by atoms with Crippen LogP contribution in [0, 0.1) is 23.7 Å². The van der Waals surface area contributed by atoms with E-state index in [4.69, 9.17) is 19.4 Å². The quantitative estimate of drug-likeness (QED) is 0.180. The second-order valence-corrected chi connectivity index (χ2v) is 16.0. The molecule has 4 bridgehead atoms. The summed E-state index contributed by atoms with van der Waals surface area (Å²) in [6, 6.07) is 52.1. The highest BCUT2D eigenvalue weighted by Gasteiger charge is 2.59. The maximum Gasteiger partial charge on any atom is 0.164 e. The van der Waals surface area contributed by atoms with Gasteiger partial charge in [0.2, 0.25) is 0 Å². The number of aromatic nitrogens is 4. The molecule has 0 N–H and O–H groups in total. The molecule has 260 valence electrons. The Balaban J connectivity index is 1.08. The number of hydrogen-bond donors (Lipinski definition) is 0. The van der Waals surface area contributed by atoms with Crippen molar-refractivity contribution in [3.63, 3.8) is 0 Å². The molecule has 4 fully saturated rings. The van der Waals surface area contributed by atoms with Gasteiger partial charge in [0.1, 0.15) is 11.2 Å². The molecule has 3 heterocycles. The molecule has 3 aromatic heterocycles. The molecule has 0 unspecified atom stereocenters. The van der Waals surface area contributed by atoms with Crippen LogP contribution in [0.3, 0.4) is 0 Å². The summed E-state index contributed by atoms with van der Waals surface area (Å²) in [6.45, 7) is 0. The van der Waals surface area contributed by atoms with Crippen LogP contribution in [0.1, 0.15) is 37.7 Å². The Morgan fingerprint density at radius 2 is 1.00 bits per heavy atom. The zero-order valence-electron chi connectivity index (χ0n) is 29.9. The van der Waals surface area contributed by atoms with Crippen LogP contribution in [0.4, 0.5) is 0 Å². The van der Waals surface area contributed by atoms with E-state index in [0.717, 1.165) is 39.7 Å². The minimum Gasteiger partial charge on any atom is -0.455 e. The van der Waals surface area contributed by atoms with Crippen molar-refractivity contribution in [2.24, 2.45) is 23.7 Å². The van der Waals surface area contributed by atoms with Crippen LogP contribution in [-0.4, -0.2) is 19.5 Å². The van der Waals surface area contributed by atoms with E-state index < -0.39 is 0 Å². The van der Waals surface area contributed by atoms with Gasteiger partial charge in [0.15, 0.2) is 17.5 Å².